The second-order valence-corrected chi connectivity index (χ2v) is 9.45. The molecule has 1 heterocycles. The summed E-state index contributed by atoms with van der Waals surface area (Å²) in [6.45, 7) is 4.61. The first-order valence-corrected chi connectivity index (χ1v) is 11.5. The molecule has 174 valence electrons. The van der Waals surface area contributed by atoms with Crippen molar-refractivity contribution < 1.29 is 14.3 Å². The summed E-state index contributed by atoms with van der Waals surface area (Å²) < 4.78 is 5.38. The molecule has 4 rings (SSSR count). The van der Waals surface area contributed by atoms with Gasteiger partial charge in [0.15, 0.2) is 5.78 Å². The molecule has 34 heavy (non-hydrogen) atoms. The number of halogens is 1. The minimum Gasteiger partial charge on any atom is -0.497 e. The number of benzene rings is 3. The average molecular weight is 475 g/mol. The number of rotatable bonds is 6. The highest BCUT2D eigenvalue weighted by Crippen LogP contribution is 2.32. The van der Waals surface area contributed by atoms with Crippen LogP contribution in [0.2, 0.25) is 5.02 Å². The van der Waals surface area contributed by atoms with Crippen LogP contribution in [0.1, 0.15) is 51.3 Å². The molecule has 0 saturated heterocycles. The quantitative estimate of drug-likeness (QED) is 0.369. The van der Waals surface area contributed by atoms with Gasteiger partial charge in [-0.05, 0) is 67.8 Å². The summed E-state index contributed by atoms with van der Waals surface area (Å²) in [5, 5.41) is 7.01. The lowest BCUT2D eigenvalue weighted by atomic mass is 9.85. The van der Waals surface area contributed by atoms with Gasteiger partial charge in [0.25, 0.3) is 5.91 Å². The van der Waals surface area contributed by atoms with Gasteiger partial charge in [0, 0.05) is 45.6 Å². The van der Waals surface area contributed by atoms with Gasteiger partial charge in [-0.2, -0.15) is 0 Å². The fraction of sp³-hybridized carbons (Fsp3) is 0.214. The van der Waals surface area contributed by atoms with Crippen LogP contribution in [0.3, 0.4) is 0 Å². The standard InChI is InChI=1S/C28H27ClN2O3/c1-28(2)16-21-10-13-23(34-3)14-24(21)25(31-28)15-26(32)19-6-8-20(9-7-19)27(33)30-17-18-4-11-22(29)12-5-18/h4-15,31H,16-17H2,1-3H3,(H,30,33). The van der Waals surface area contributed by atoms with E-state index in [1.54, 1.807) is 49.6 Å². The fourth-order valence-electron chi connectivity index (χ4n) is 4.04. The average Bonchev–Trinajstić information content (AvgIpc) is 2.82. The van der Waals surface area contributed by atoms with E-state index in [-0.39, 0.29) is 17.2 Å². The van der Waals surface area contributed by atoms with Crippen molar-refractivity contribution in [3.8, 4) is 5.75 Å². The Balaban J connectivity index is 1.49. The highest BCUT2D eigenvalue weighted by molar-refractivity contribution is 6.30. The molecule has 0 unspecified atom stereocenters. The van der Waals surface area contributed by atoms with Crippen molar-refractivity contribution in [1.29, 1.82) is 0 Å². The van der Waals surface area contributed by atoms with Crippen molar-refractivity contribution in [3.63, 3.8) is 0 Å². The maximum Gasteiger partial charge on any atom is 0.251 e. The summed E-state index contributed by atoms with van der Waals surface area (Å²) in [5.74, 6) is 0.402. The Hall–Kier alpha value is -3.57. The summed E-state index contributed by atoms with van der Waals surface area (Å²) in [6.07, 6.45) is 2.46. The number of hydrogen-bond acceptors (Lipinski definition) is 4. The topological polar surface area (TPSA) is 67.4 Å². The number of methoxy groups -OCH3 is 1. The third-order valence-electron chi connectivity index (χ3n) is 5.79. The van der Waals surface area contributed by atoms with Gasteiger partial charge < -0.3 is 15.4 Å². The minimum absolute atomic E-state index is 0.137. The molecule has 1 aliphatic rings. The van der Waals surface area contributed by atoms with Gasteiger partial charge in [-0.25, -0.2) is 0 Å². The maximum atomic E-state index is 13.0. The second kappa shape index (κ2) is 9.74. The summed E-state index contributed by atoms with van der Waals surface area (Å²) in [5.41, 5.74) is 4.67. The monoisotopic (exact) mass is 474 g/mol. The van der Waals surface area contributed by atoms with Crippen molar-refractivity contribution in [2.45, 2.75) is 32.4 Å². The van der Waals surface area contributed by atoms with Gasteiger partial charge in [-0.15, -0.1) is 0 Å². The van der Waals surface area contributed by atoms with Crippen LogP contribution in [0.25, 0.3) is 5.70 Å². The van der Waals surface area contributed by atoms with Crippen molar-refractivity contribution in [3.05, 3.63) is 106 Å². The second-order valence-electron chi connectivity index (χ2n) is 9.02. The molecule has 2 N–H and O–H groups in total. The predicted octanol–water partition coefficient (Wildman–Crippen LogP) is 5.43. The molecule has 3 aromatic carbocycles. The molecule has 0 saturated carbocycles. The van der Waals surface area contributed by atoms with Gasteiger partial charge in [0.1, 0.15) is 5.75 Å². The van der Waals surface area contributed by atoms with Crippen molar-refractivity contribution >= 4 is 29.0 Å². The molecule has 5 nitrogen and oxygen atoms in total. The van der Waals surface area contributed by atoms with Crippen LogP contribution in [-0.4, -0.2) is 24.3 Å². The Kier molecular flexibility index (Phi) is 6.75. The number of amides is 1. The third kappa shape index (κ3) is 5.49. The number of carbonyl (C=O) groups is 2. The zero-order valence-corrected chi connectivity index (χ0v) is 20.2. The summed E-state index contributed by atoms with van der Waals surface area (Å²) >= 11 is 5.90. The van der Waals surface area contributed by atoms with Gasteiger partial charge in [-0.3, -0.25) is 9.59 Å². The van der Waals surface area contributed by atoms with Gasteiger partial charge in [0.2, 0.25) is 0 Å². The lowest BCUT2D eigenvalue weighted by molar-refractivity contribution is 0.0949. The molecule has 0 spiro atoms. The van der Waals surface area contributed by atoms with Gasteiger partial charge in [0.05, 0.1) is 7.11 Å². The van der Waals surface area contributed by atoms with E-state index < -0.39 is 0 Å². The predicted molar refractivity (Wildman–Crippen MR) is 135 cm³/mol. The van der Waals surface area contributed by atoms with E-state index in [0.717, 1.165) is 34.6 Å². The molecule has 0 fully saturated rings. The van der Waals surface area contributed by atoms with Crippen molar-refractivity contribution in [1.82, 2.24) is 10.6 Å². The smallest absolute Gasteiger partial charge is 0.251 e. The van der Waals surface area contributed by atoms with Crippen LogP contribution in [-0.2, 0) is 13.0 Å². The van der Waals surface area contributed by atoms with Crippen molar-refractivity contribution in [2.24, 2.45) is 0 Å². The highest BCUT2D eigenvalue weighted by Gasteiger charge is 2.28. The van der Waals surface area contributed by atoms with E-state index in [1.807, 2.05) is 30.3 Å². The largest absolute Gasteiger partial charge is 0.497 e. The molecule has 0 aromatic heterocycles. The lowest BCUT2D eigenvalue weighted by Gasteiger charge is -2.35. The first-order chi connectivity index (χ1) is 16.2. The zero-order valence-electron chi connectivity index (χ0n) is 19.4. The molecule has 0 bridgehead atoms. The number of nitrogens with one attached hydrogen (secondary N) is 2. The molecule has 1 aliphatic heterocycles. The van der Waals surface area contributed by atoms with E-state index in [0.29, 0.717) is 22.7 Å². The summed E-state index contributed by atoms with van der Waals surface area (Å²) in [6, 6.07) is 19.9. The molecule has 0 atom stereocenters. The van der Waals surface area contributed by atoms with Crippen LogP contribution in [0.4, 0.5) is 0 Å². The minimum atomic E-state index is -0.205. The van der Waals surface area contributed by atoms with Crippen LogP contribution in [0, 0.1) is 0 Å². The van der Waals surface area contributed by atoms with Gasteiger partial charge >= 0.3 is 0 Å². The number of carbonyl (C=O) groups excluding carboxylic acids is 2. The summed E-state index contributed by atoms with van der Waals surface area (Å²) in [7, 11) is 1.63. The fourth-order valence-corrected chi connectivity index (χ4v) is 4.17. The Morgan fingerprint density at radius 3 is 2.38 bits per heavy atom. The van der Waals surface area contributed by atoms with Crippen LogP contribution < -0.4 is 15.4 Å². The SMILES string of the molecule is COc1ccc2c(c1)C(=CC(=O)c1ccc(C(=O)NCc3ccc(Cl)cc3)cc1)NC(C)(C)C2. The van der Waals surface area contributed by atoms with E-state index in [9.17, 15) is 9.59 Å². The zero-order chi connectivity index (χ0) is 24.3. The third-order valence-corrected chi connectivity index (χ3v) is 6.04. The van der Waals surface area contributed by atoms with Gasteiger partial charge in [-0.1, -0.05) is 41.9 Å². The highest BCUT2D eigenvalue weighted by atomic mass is 35.5. The molecular formula is C28H27ClN2O3. The molecule has 6 heteroatoms. The molecule has 0 radical (unpaired) electrons. The molecule has 0 aliphatic carbocycles. The normalized spacial score (nSPS) is 15.2. The first-order valence-electron chi connectivity index (χ1n) is 11.1. The number of ether oxygens (including phenoxy) is 1. The lowest BCUT2D eigenvalue weighted by Crippen LogP contribution is -2.43. The van der Waals surface area contributed by atoms with E-state index in [1.165, 1.54) is 0 Å². The number of ketones is 1. The number of fused-ring (bicyclic) bond motifs is 1. The Labute approximate surface area is 204 Å². The van der Waals surface area contributed by atoms with E-state index >= 15 is 0 Å². The van der Waals surface area contributed by atoms with Crippen LogP contribution in [0.15, 0.2) is 72.8 Å². The molecular weight excluding hydrogens is 448 g/mol. The molecule has 1 amide bonds. The Morgan fingerprint density at radius 2 is 1.71 bits per heavy atom. The Morgan fingerprint density at radius 1 is 1.03 bits per heavy atom. The van der Waals surface area contributed by atoms with Crippen LogP contribution >= 0.6 is 11.6 Å². The first kappa shape index (κ1) is 23.6. The number of allylic oxidation sites excluding steroid dienone is 1. The summed E-state index contributed by atoms with van der Waals surface area (Å²) in [4.78, 5) is 25.5. The van der Waals surface area contributed by atoms with E-state index in [2.05, 4.69) is 24.5 Å². The van der Waals surface area contributed by atoms with Crippen molar-refractivity contribution in [2.75, 3.05) is 7.11 Å². The maximum absolute atomic E-state index is 13.0. The number of hydrogen-bond donors (Lipinski definition) is 2. The van der Waals surface area contributed by atoms with Crippen LogP contribution in [0.5, 0.6) is 5.75 Å². The Bertz CT molecular complexity index is 1250. The molecule has 3 aromatic rings. The van der Waals surface area contributed by atoms with E-state index in [4.69, 9.17) is 16.3 Å².